The van der Waals surface area contributed by atoms with Crippen LogP contribution in [0.1, 0.15) is 23.2 Å². The highest BCUT2D eigenvalue weighted by atomic mass is 79.9. The molecule has 18 heavy (non-hydrogen) atoms. The van der Waals surface area contributed by atoms with Crippen LogP contribution in [0.25, 0.3) is 0 Å². The summed E-state index contributed by atoms with van der Waals surface area (Å²) in [7, 11) is 0. The van der Waals surface area contributed by atoms with Gasteiger partial charge in [0, 0.05) is 23.1 Å². The first-order valence-electron chi connectivity index (χ1n) is 6.06. The van der Waals surface area contributed by atoms with Crippen molar-refractivity contribution in [2.24, 2.45) is 11.7 Å². The van der Waals surface area contributed by atoms with Crippen molar-refractivity contribution in [2.45, 2.75) is 12.8 Å². The molecule has 0 atom stereocenters. The Balaban J connectivity index is 2.05. The molecule has 1 fully saturated rings. The van der Waals surface area contributed by atoms with Crippen LogP contribution in [0.3, 0.4) is 0 Å². The van der Waals surface area contributed by atoms with Crippen LogP contribution in [0.5, 0.6) is 0 Å². The normalized spacial score (nSPS) is 16.9. The summed E-state index contributed by atoms with van der Waals surface area (Å²) < 4.78 is 0.756. The van der Waals surface area contributed by atoms with Crippen molar-refractivity contribution in [1.82, 2.24) is 4.90 Å². The fourth-order valence-electron chi connectivity index (χ4n) is 2.18. The number of carbonyl (C=O) groups is 1. The fourth-order valence-corrected chi connectivity index (χ4v) is 2.68. The summed E-state index contributed by atoms with van der Waals surface area (Å²) in [6.45, 7) is 2.30. The Labute approximate surface area is 120 Å². The SMILES string of the molecule is NCC1CCN(C(=O)c2ccc(Cl)c(Br)c2)CC1. The van der Waals surface area contributed by atoms with Crippen LogP contribution < -0.4 is 5.73 Å². The second-order valence-corrected chi connectivity index (χ2v) is 5.86. The molecule has 98 valence electrons. The molecule has 1 aromatic rings. The van der Waals surface area contributed by atoms with Crippen molar-refractivity contribution in [2.75, 3.05) is 19.6 Å². The van der Waals surface area contributed by atoms with Gasteiger partial charge in [0.25, 0.3) is 5.91 Å². The van der Waals surface area contributed by atoms with Gasteiger partial charge in [-0.1, -0.05) is 11.6 Å². The Bertz CT molecular complexity index is 445. The molecule has 5 heteroatoms. The monoisotopic (exact) mass is 330 g/mol. The number of carbonyl (C=O) groups excluding carboxylic acids is 1. The molecule has 1 heterocycles. The molecule has 0 saturated carbocycles. The Morgan fingerprint density at radius 2 is 2.11 bits per heavy atom. The van der Waals surface area contributed by atoms with E-state index in [0.717, 1.165) is 30.4 Å². The number of rotatable bonds is 2. The van der Waals surface area contributed by atoms with E-state index in [2.05, 4.69) is 15.9 Å². The average molecular weight is 332 g/mol. The number of nitrogens with zero attached hydrogens (tertiary/aromatic N) is 1. The van der Waals surface area contributed by atoms with E-state index >= 15 is 0 Å². The van der Waals surface area contributed by atoms with Crippen molar-refractivity contribution in [3.63, 3.8) is 0 Å². The average Bonchev–Trinajstić information content (AvgIpc) is 2.41. The van der Waals surface area contributed by atoms with Gasteiger partial charge in [0.15, 0.2) is 0 Å². The highest BCUT2D eigenvalue weighted by Crippen LogP contribution is 2.25. The maximum absolute atomic E-state index is 12.3. The number of benzene rings is 1. The van der Waals surface area contributed by atoms with Crippen molar-refractivity contribution in [3.8, 4) is 0 Å². The number of likely N-dealkylation sites (tertiary alicyclic amines) is 1. The number of halogens is 2. The summed E-state index contributed by atoms with van der Waals surface area (Å²) in [5.41, 5.74) is 6.33. The highest BCUT2D eigenvalue weighted by Gasteiger charge is 2.23. The standard InChI is InChI=1S/C13H16BrClN2O/c14-11-7-10(1-2-12(11)15)13(18)17-5-3-9(8-16)4-6-17/h1-2,7,9H,3-6,8,16H2. The highest BCUT2D eigenvalue weighted by molar-refractivity contribution is 9.10. The van der Waals surface area contributed by atoms with Gasteiger partial charge < -0.3 is 10.6 Å². The third-order valence-corrected chi connectivity index (χ3v) is 4.62. The minimum atomic E-state index is 0.0721. The van der Waals surface area contributed by atoms with Crippen LogP contribution in [-0.2, 0) is 0 Å². The molecule has 2 rings (SSSR count). The van der Waals surface area contributed by atoms with E-state index < -0.39 is 0 Å². The topological polar surface area (TPSA) is 46.3 Å². The van der Waals surface area contributed by atoms with E-state index in [4.69, 9.17) is 17.3 Å². The van der Waals surface area contributed by atoms with E-state index in [1.54, 1.807) is 18.2 Å². The van der Waals surface area contributed by atoms with Gasteiger partial charge in [0.2, 0.25) is 0 Å². The van der Waals surface area contributed by atoms with Crippen molar-refractivity contribution < 1.29 is 4.79 Å². The van der Waals surface area contributed by atoms with Gasteiger partial charge in [-0.2, -0.15) is 0 Å². The molecule has 0 radical (unpaired) electrons. The van der Waals surface area contributed by atoms with Crippen LogP contribution in [0.4, 0.5) is 0 Å². The lowest BCUT2D eigenvalue weighted by Gasteiger charge is -2.31. The molecule has 0 bridgehead atoms. The minimum absolute atomic E-state index is 0.0721. The summed E-state index contributed by atoms with van der Waals surface area (Å²) in [6.07, 6.45) is 1.99. The quantitative estimate of drug-likeness (QED) is 0.905. The maximum Gasteiger partial charge on any atom is 0.253 e. The van der Waals surface area contributed by atoms with Gasteiger partial charge in [-0.05, 0) is 59.4 Å². The minimum Gasteiger partial charge on any atom is -0.339 e. The van der Waals surface area contributed by atoms with Crippen LogP contribution >= 0.6 is 27.5 Å². The molecule has 1 amide bonds. The number of hydrogen-bond donors (Lipinski definition) is 1. The lowest BCUT2D eigenvalue weighted by Crippen LogP contribution is -2.40. The lowest BCUT2D eigenvalue weighted by atomic mass is 9.96. The molecule has 0 aliphatic carbocycles. The molecular formula is C13H16BrClN2O. The van der Waals surface area contributed by atoms with Crippen LogP contribution in [0, 0.1) is 5.92 Å². The maximum atomic E-state index is 12.3. The third kappa shape index (κ3) is 3.05. The predicted molar refractivity (Wildman–Crippen MR) is 76.8 cm³/mol. The summed E-state index contributed by atoms with van der Waals surface area (Å²) >= 11 is 9.26. The predicted octanol–water partition coefficient (Wildman–Crippen LogP) is 2.91. The number of nitrogens with two attached hydrogens (primary N) is 1. The van der Waals surface area contributed by atoms with Crippen molar-refractivity contribution in [3.05, 3.63) is 33.3 Å². The van der Waals surface area contributed by atoms with Crippen molar-refractivity contribution in [1.29, 1.82) is 0 Å². The van der Waals surface area contributed by atoms with Gasteiger partial charge >= 0.3 is 0 Å². The zero-order valence-electron chi connectivity index (χ0n) is 10.0. The fraction of sp³-hybridized carbons (Fsp3) is 0.462. The second-order valence-electron chi connectivity index (χ2n) is 4.60. The van der Waals surface area contributed by atoms with Crippen molar-refractivity contribution >= 4 is 33.4 Å². The van der Waals surface area contributed by atoms with Crippen LogP contribution in [0.2, 0.25) is 5.02 Å². The van der Waals surface area contributed by atoms with Gasteiger partial charge in [-0.25, -0.2) is 0 Å². The first kappa shape index (κ1) is 13.8. The molecule has 1 saturated heterocycles. The number of hydrogen-bond acceptors (Lipinski definition) is 2. The van der Waals surface area contributed by atoms with E-state index in [-0.39, 0.29) is 5.91 Å². The zero-order chi connectivity index (χ0) is 13.1. The van der Waals surface area contributed by atoms with Crippen LogP contribution in [0.15, 0.2) is 22.7 Å². The molecule has 1 aliphatic heterocycles. The Morgan fingerprint density at radius 1 is 1.44 bits per heavy atom. The van der Waals surface area contributed by atoms with E-state index in [1.165, 1.54) is 0 Å². The molecular weight excluding hydrogens is 316 g/mol. The Hall–Kier alpha value is -0.580. The Morgan fingerprint density at radius 3 is 2.67 bits per heavy atom. The third-order valence-electron chi connectivity index (χ3n) is 3.40. The molecule has 0 unspecified atom stereocenters. The summed E-state index contributed by atoms with van der Waals surface area (Å²) in [5, 5.41) is 0.619. The van der Waals surface area contributed by atoms with Gasteiger partial charge in [0.1, 0.15) is 0 Å². The van der Waals surface area contributed by atoms with Crippen LogP contribution in [-0.4, -0.2) is 30.4 Å². The van der Waals surface area contributed by atoms with E-state index in [0.29, 0.717) is 23.0 Å². The largest absolute Gasteiger partial charge is 0.339 e. The molecule has 1 aliphatic rings. The summed E-state index contributed by atoms with van der Waals surface area (Å²) in [4.78, 5) is 14.2. The molecule has 3 nitrogen and oxygen atoms in total. The first-order valence-corrected chi connectivity index (χ1v) is 7.23. The van der Waals surface area contributed by atoms with Gasteiger partial charge in [0.05, 0.1) is 5.02 Å². The van der Waals surface area contributed by atoms with E-state index in [1.807, 2.05) is 4.90 Å². The lowest BCUT2D eigenvalue weighted by molar-refractivity contribution is 0.0693. The zero-order valence-corrected chi connectivity index (χ0v) is 12.4. The smallest absolute Gasteiger partial charge is 0.253 e. The molecule has 2 N–H and O–H groups in total. The summed E-state index contributed by atoms with van der Waals surface area (Å²) in [6, 6.07) is 5.29. The second kappa shape index (κ2) is 6.04. The number of amides is 1. The molecule has 1 aromatic carbocycles. The Kier molecular flexibility index (Phi) is 4.65. The first-order chi connectivity index (χ1) is 8.61. The number of piperidine rings is 1. The van der Waals surface area contributed by atoms with E-state index in [9.17, 15) is 4.79 Å². The molecule has 0 aromatic heterocycles. The van der Waals surface area contributed by atoms with Gasteiger partial charge in [-0.15, -0.1) is 0 Å². The van der Waals surface area contributed by atoms with Gasteiger partial charge in [-0.3, -0.25) is 4.79 Å². The summed E-state index contributed by atoms with van der Waals surface area (Å²) in [5.74, 6) is 0.633. The molecule has 0 spiro atoms.